The van der Waals surface area contributed by atoms with Gasteiger partial charge in [0.15, 0.2) is 0 Å². The van der Waals surface area contributed by atoms with Gasteiger partial charge in [0.1, 0.15) is 5.82 Å². The van der Waals surface area contributed by atoms with Crippen molar-refractivity contribution in [2.24, 2.45) is 17.8 Å². The molecule has 3 rings (SSSR count). The van der Waals surface area contributed by atoms with Crippen LogP contribution in [0, 0.1) is 17.8 Å². The molecular formula is C19H23BrF3N3O2. The van der Waals surface area contributed by atoms with Crippen molar-refractivity contribution in [1.82, 2.24) is 9.88 Å². The van der Waals surface area contributed by atoms with E-state index >= 15 is 0 Å². The second kappa shape index (κ2) is 8.80. The zero-order valence-corrected chi connectivity index (χ0v) is 16.9. The highest BCUT2D eigenvalue weighted by atomic mass is 79.9. The number of alkyl halides is 3. The van der Waals surface area contributed by atoms with E-state index in [9.17, 15) is 22.8 Å². The third kappa shape index (κ3) is 5.24. The molecule has 0 aromatic carbocycles. The van der Waals surface area contributed by atoms with Crippen molar-refractivity contribution in [3.63, 3.8) is 0 Å². The van der Waals surface area contributed by atoms with E-state index in [0.717, 1.165) is 4.47 Å². The molecule has 1 aliphatic carbocycles. The van der Waals surface area contributed by atoms with Crippen LogP contribution in [0.4, 0.5) is 19.0 Å². The SMILES string of the molecule is O=C(Nc1ccc(Br)cn1)C1CCCN(C(=O)C2CCCC(C(F)(F)F)C2)C1. The Morgan fingerprint density at radius 2 is 1.89 bits per heavy atom. The molecule has 3 atom stereocenters. The summed E-state index contributed by atoms with van der Waals surface area (Å²) in [6.45, 7) is 0.737. The Labute approximate surface area is 170 Å². The highest BCUT2D eigenvalue weighted by Gasteiger charge is 2.44. The highest BCUT2D eigenvalue weighted by Crippen LogP contribution is 2.40. The zero-order valence-electron chi connectivity index (χ0n) is 15.3. The lowest BCUT2D eigenvalue weighted by Gasteiger charge is -2.37. The van der Waals surface area contributed by atoms with Crippen molar-refractivity contribution < 1.29 is 22.8 Å². The van der Waals surface area contributed by atoms with Crippen LogP contribution in [0.2, 0.25) is 0 Å². The van der Waals surface area contributed by atoms with E-state index in [1.54, 1.807) is 23.2 Å². The highest BCUT2D eigenvalue weighted by molar-refractivity contribution is 9.10. The lowest BCUT2D eigenvalue weighted by atomic mass is 9.80. The van der Waals surface area contributed by atoms with Gasteiger partial charge in [0, 0.05) is 29.7 Å². The Morgan fingerprint density at radius 1 is 1.14 bits per heavy atom. The first kappa shape index (κ1) is 21.1. The molecule has 0 radical (unpaired) electrons. The summed E-state index contributed by atoms with van der Waals surface area (Å²) in [5.74, 6) is -2.42. The Hall–Kier alpha value is -1.64. The molecule has 1 saturated carbocycles. The number of hydrogen-bond donors (Lipinski definition) is 1. The van der Waals surface area contributed by atoms with Crippen molar-refractivity contribution in [3.05, 3.63) is 22.8 Å². The number of nitrogens with one attached hydrogen (secondary N) is 1. The van der Waals surface area contributed by atoms with Crippen LogP contribution in [-0.2, 0) is 9.59 Å². The maximum absolute atomic E-state index is 13.0. The Kier molecular flexibility index (Phi) is 6.62. The molecule has 2 heterocycles. The number of anilines is 1. The fourth-order valence-electron chi connectivity index (χ4n) is 4.04. The molecule has 154 valence electrons. The zero-order chi connectivity index (χ0) is 20.3. The number of halogens is 4. The van der Waals surface area contributed by atoms with Crippen LogP contribution in [0.5, 0.6) is 0 Å². The normalized spacial score (nSPS) is 26.0. The summed E-state index contributed by atoms with van der Waals surface area (Å²) in [6.07, 6.45) is -0.519. The standard InChI is InChI=1S/C19H23BrF3N3O2/c20-15-6-7-16(24-10-15)25-17(27)13-4-2-8-26(11-13)18(28)12-3-1-5-14(9-12)19(21,22)23/h6-7,10,12-14H,1-5,8-9,11H2,(H,24,25,27). The van der Waals surface area contributed by atoms with E-state index in [-0.39, 0.29) is 37.1 Å². The fourth-order valence-corrected chi connectivity index (χ4v) is 4.27. The second-order valence-corrected chi connectivity index (χ2v) is 8.49. The molecule has 1 aromatic heterocycles. The lowest BCUT2D eigenvalue weighted by Crippen LogP contribution is -2.47. The molecule has 1 saturated heterocycles. The number of carbonyl (C=O) groups is 2. The van der Waals surface area contributed by atoms with Gasteiger partial charge in [-0.3, -0.25) is 9.59 Å². The van der Waals surface area contributed by atoms with E-state index in [1.807, 2.05) is 0 Å². The van der Waals surface area contributed by atoms with Crippen LogP contribution in [0.25, 0.3) is 0 Å². The first-order valence-electron chi connectivity index (χ1n) is 9.52. The number of amides is 2. The minimum absolute atomic E-state index is 0.0957. The first-order chi connectivity index (χ1) is 13.2. The van der Waals surface area contributed by atoms with Gasteiger partial charge in [0.25, 0.3) is 0 Å². The van der Waals surface area contributed by atoms with Gasteiger partial charge < -0.3 is 10.2 Å². The second-order valence-electron chi connectivity index (χ2n) is 7.58. The molecule has 2 fully saturated rings. The summed E-state index contributed by atoms with van der Waals surface area (Å²) in [5.41, 5.74) is 0. The smallest absolute Gasteiger partial charge is 0.342 e. The number of nitrogens with zero attached hydrogens (tertiary/aromatic N) is 2. The van der Waals surface area contributed by atoms with Crippen LogP contribution in [0.3, 0.4) is 0 Å². The van der Waals surface area contributed by atoms with E-state index in [1.165, 1.54) is 0 Å². The largest absolute Gasteiger partial charge is 0.391 e. The minimum atomic E-state index is -4.25. The van der Waals surface area contributed by atoms with E-state index in [4.69, 9.17) is 0 Å². The van der Waals surface area contributed by atoms with Gasteiger partial charge in [0.2, 0.25) is 11.8 Å². The summed E-state index contributed by atoms with van der Waals surface area (Å²) in [4.78, 5) is 31.0. The van der Waals surface area contributed by atoms with Gasteiger partial charge in [-0.1, -0.05) is 6.42 Å². The molecule has 28 heavy (non-hydrogen) atoms. The van der Waals surface area contributed by atoms with Crippen molar-refractivity contribution >= 4 is 33.6 Å². The van der Waals surface area contributed by atoms with Gasteiger partial charge in [-0.25, -0.2) is 4.98 Å². The topological polar surface area (TPSA) is 62.3 Å². The number of piperidine rings is 1. The van der Waals surface area contributed by atoms with Crippen LogP contribution >= 0.6 is 15.9 Å². The van der Waals surface area contributed by atoms with Crippen LogP contribution in [0.15, 0.2) is 22.8 Å². The number of hydrogen-bond acceptors (Lipinski definition) is 3. The number of rotatable bonds is 3. The van der Waals surface area contributed by atoms with Gasteiger partial charge in [0.05, 0.1) is 11.8 Å². The fraction of sp³-hybridized carbons (Fsp3) is 0.632. The Balaban J connectivity index is 1.58. The minimum Gasteiger partial charge on any atom is -0.342 e. The molecule has 0 spiro atoms. The summed E-state index contributed by atoms with van der Waals surface area (Å²) >= 11 is 3.28. The number of pyridine rings is 1. The molecule has 0 bridgehead atoms. The third-order valence-corrected chi connectivity index (χ3v) is 6.04. The molecule has 5 nitrogen and oxygen atoms in total. The molecule has 9 heteroatoms. The van der Waals surface area contributed by atoms with Crippen LogP contribution in [0.1, 0.15) is 38.5 Å². The summed E-state index contributed by atoms with van der Waals surface area (Å²) < 4.78 is 39.9. The Bertz CT molecular complexity index is 711. The molecule has 1 N–H and O–H groups in total. The predicted octanol–water partition coefficient (Wildman–Crippen LogP) is 4.39. The van der Waals surface area contributed by atoms with Crippen molar-refractivity contribution in [1.29, 1.82) is 0 Å². The van der Waals surface area contributed by atoms with E-state index in [0.29, 0.717) is 38.0 Å². The molecule has 1 aliphatic heterocycles. The molecule has 2 amide bonds. The molecule has 3 unspecified atom stereocenters. The number of likely N-dealkylation sites (tertiary alicyclic amines) is 1. The number of carbonyl (C=O) groups excluding carboxylic acids is 2. The van der Waals surface area contributed by atoms with E-state index in [2.05, 4.69) is 26.2 Å². The molecule has 2 aliphatic rings. The monoisotopic (exact) mass is 461 g/mol. The molecular weight excluding hydrogens is 439 g/mol. The number of aromatic nitrogens is 1. The quantitative estimate of drug-likeness (QED) is 0.725. The average Bonchev–Trinajstić information content (AvgIpc) is 2.68. The lowest BCUT2D eigenvalue weighted by molar-refractivity contribution is -0.187. The van der Waals surface area contributed by atoms with Gasteiger partial charge >= 0.3 is 6.18 Å². The summed E-state index contributed by atoms with van der Waals surface area (Å²) in [5, 5.41) is 2.75. The van der Waals surface area contributed by atoms with Crippen molar-refractivity contribution in [2.45, 2.75) is 44.7 Å². The summed E-state index contributed by atoms with van der Waals surface area (Å²) in [7, 11) is 0. The Morgan fingerprint density at radius 3 is 2.57 bits per heavy atom. The average molecular weight is 462 g/mol. The summed E-state index contributed by atoms with van der Waals surface area (Å²) in [6, 6.07) is 3.44. The van der Waals surface area contributed by atoms with Crippen molar-refractivity contribution in [3.8, 4) is 0 Å². The van der Waals surface area contributed by atoms with Gasteiger partial charge in [-0.05, 0) is 60.2 Å². The van der Waals surface area contributed by atoms with Gasteiger partial charge in [-0.2, -0.15) is 13.2 Å². The maximum Gasteiger partial charge on any atom is 0.391 e. The third-order valence-electron chi connectivity index (χ3n) is 5.57. The van der Waals surface area contributed by atoms with Crippen molar-refractivity contribution in [2.75, 3.05) is 18.4 Å². The predicted molar refractivity (Wildman–Crippen MR) is 101 cm³/mol. The maximum atomic E-state index is 13.0. The van der Waals surface area contributed by atoms with Crippen LogP contribution < -0.4 is 5.32 Å². The van der Waals surface area contributed by atoms with E-state index < -0.39 is 18.0 Å². The van der Waals surface area contributed by atoms with Crippen LogP contribution in [-0.4, -0.2) is 41.0 Å². The first-order valence-corrected chi connectivity index (χ1v) is 10.3. The van der Waals surface area contributed by atoms with Gasteiger partial charge in [-0.15, -0.1) is 0 Å². The molecule has 1 aromatic rings.